The lowest BCUT2D eigenvalue weighted by Crippen LogP contribution is -2.44. The average Bonchev–Trinajstić information content (AvgIpc) is 3.39. The van der Waals surface area contributed by atoms with E-state index in [1.165, 1.54) is 63.1 Å². The standard InChI is InChI=1S/C20H31ClN2O/c1-15-13-19(24-14-17-6-7-17)18(16(2)20(15)21)5-4-8-23-11-9-22(3)10-12-23/h13,17H,4-12,14H2,1-3H3. The van der Waals surface area contributed by atoms with E-state index in [1.807, 2.05) is 0 Å². The second-order valence-corrected chi connectivity index (χ2v) is 7.99. The van der Waals surface area contributed by atoms with Crippen molar-refractivity contribution in [3.8, 4) is 5.75 Å². The predicted molar refractivity (Wildman–Crippen MR) is 101 cm³/mol. The van der Waals surface area contributed by atoms with Gasteiger partial charge in [-0.3, -0.25) is 0 Å². The van der Waals surface area contributed by atoms with Crippen LogP contribution < -0.4 is 4.74 Å². The third-order valence-corrected chi connectivity index (χ3v) is 6.02. The SMILES string of the molecule is Cc1cc(OCC2CC2)c(CCCN2CCN(C)CC2)c(C)c1Cl. The molecule has 3 rings (SSSR count). The summed E-state index contributed by atoms with van der Waals surface area (Å²) in [5.74, 6) is 1.85. The fourth-order valence-corrected chi connectivity index (χ4v) is 3.61. The monoisotopic (exact) mass is 350 g/mol. The smallest absolute Gasteiger partial charge is 0.123 e. The summed E-state index contributed by atoms with van der Waals surface area (Å²) in [6.45, 7) is 11.0. The number of nitrogens with zero attached hydrogens (tertiary/aromatic N) is 2. The predicted octanol–water partition coefficient (Wildman–Crippen LogP) is 3.93. The summed E-state index contributed by atoms with van der Waals surface area (Å²) in [5.41, 5.74) is 3.66. The molecule has 0 amide bonds. The Kier molecular flexibility index (Phi) is 6.07. The van der Waals surface area contributed by atoms with E-state index >= 15 is 0 Å². The van der Waals surface area contributed by atoms with Gasteiger partial charge in [-0.2, -0.15) is 0 Å². The van der Waals surface area contributed by atoms with Gasteiger partial charge in [-0.05, 0) is 81.8 Å². The Bertz CT molecular complexity index is 563. The molecule has 0 unspecified atom stereocenters. The molecule has 2 fully saturated rings. The Hall–Kier alpha value is -0.770. The minimum atomic E-state index is 0.777. The van der Waals surface area contributed by atoms with E-state index in [4.69, 9.17) is 16.3 Å². The first kappa shape index (κ1) is 18.0. The summed E-state index contributed by atoms with van der Waals surface area (Å²) >= 11 is 6.50. The lowest BCUT2D eigenvalue weighted by Gasteiger charge is -2.32. The van der Waals surface area contributed by atoms with Crippen LogP contribution in [0.2, 0.25) is 5.02 Å². The van der Waals surface area contributed by atoms with Gasteiger partial charge in [0.1, 0.15) is 5.75 Å². The zero-order chi connectivity index (χ0) is 17.1. The van der Waals surface area contributed by atoms with Gasteiger partial charge >= 0.3 is 0 Å². The first-order valence-electron chi connectivity index (χ1n) is 9.37. The fraction of sp³-hybridized carbons (Fsp3) is 0.700. The zero-order valence-electron chi connectivity index (χ0n) is 15.4. The highest BCUT2D eigenvalue weighted by molar-refractivity contribution is 6.32. The topological polar surface area (TPSA) is 15.7 Å². The number of hydrogen-bond donors (Lipinski definition) is 0. The van der Waals surface area contributed by atoms with Crippen LogP contribution in [0.3, 0.4) is 0 Å². The third-order valence-electron chi connectivity index (χ3n) is 5.44. The average molecular weight is 351 g/mol. The van der Waals surface area contributed by atoms with E-state index in [-0.39, 0.29) is 0 Å². The van der Waals surface area contributed by atoms with Crippen molar-refractivity contribution in [2.24, 2.45) is 5.92 Å². The minimum absolute atomic E-state index is 0.777. The molecular formula is C20H31ClN2O. The summed E-state index contributed by atoms with van der Waals surface area (Å²) in [6, 6.07) is 2.14. The lowest BCUT2D eigenvalue weighted by molar-refractivity contribution is 0.153. The molecule has 0 radical (unpaired) electrons. The zero-order valence-corrected chi connectivity index (χ0v) is 16.2. The van der Waals surface area contributed by atoms with E-state index in [0.717, 1.165) is 35.3 Å². The van der Waals surface area contributed by atoms with Gasteiger partial charge in [0.15, 0.2) is 0 Å². The normalized spacial score (nSPS) is 19.7. The van der Waals surface area contributed by atoms with E-state index in [2.05, 4.69) is 36.8 Å². The number of piperazine rings is 1. The van der Waals surface area contributed by atoms with Crippen molar-refractivity contribution in [2.45, 2.75) is 39.5 Å². The Morgan fingerprint density at radius 2 is 1.88 bits per heavy atom. The van der Waals surface area contributed by atoms with Crippen LogP contribution in [0.15, 0.2) is 6.07 Å². The van der Waals surface area contributed by atoms with Gasteiger partial charge in [0, 0.05) is 31.2 Å². The van der Waals surface area contributed by atoms with E-state index in [1.54, 1.807) is 0 Å². The molecule has 1 heterocycles. The van der Waals surface area contributed by atoms with Crippen LogP contribution in [0.4, 0.5) is 0 Å². The van der Waals surface area contributed by atoms with Crippen molar-refractivity contribution in [1.29, 1.82) is 0 Å². The maximum Gasteiger partial charge on any atom is 0.123 e. The molecule has 134 valence electrons. The largest absolute Gasteiger partial charge is 0.493 e. The number of ether oxygens (including phenoxy) is 1. The molecule has 2 aliphatic rings. The highest BCUT2D eigenvalue weighted by Crippen LogP contribution is 2.35. The number of hydrogen-bond acceptors (Lipinski definition) is 3. The maximum absolute atomic E-state index is 6.50. The Morgan fingerprint density at radius 1 is 1.17 bits per heavy atom. The Labute approximate surface area is 151 Å². The van der Waals surface area contributed by atoms with Crippen LogP contribution in [-0.4, -0.2) is 56.2 Å². The highest BCUT2D eigenvalue weighted by Gasteiger charge is 2.23. The number of rotatable bonds is 7. The molecule has 1 aliphatic heterocycles. The number of halogens is 1. The summed E-state index contributed by atoms with van der Waals surface area (Å²) in [6.07, 6.45) is 4.87. The molecule has 0 N–H and O–H groups in total. The van der Waals surface area contributed by atoms with Crippen LogP contribution in [0.1, 0.15) is 36.0 Å². The molecule has 1 aromatic carbocycles. The van der Waals surface area contributed by atoms with E-state index < -0.39 is 0 Å². The molecule has 1 aliphatic carbocycles. The van der Waals surface area contributed by atoms with Crippen LogP contribution >= 0.6 is 11.6 Å². The molecule has 1 saturated heterocycles. The molecule has 0 atom stereocenters. The molecule has 0 aromatic heterocycles. The Balaban J connectivity index is 1.60. The number of aryl methyl sites for hydroxylation is 1. The van der Waals surface area contributed by atoms with Gasteiger partial charge in [-0.1, -0.05) is 11.6 Å². The van der Waals surface area contributed by atoms with Crippen LogP contribution in [0, 0.1) is 19.8 Å². The minimum Gasteiger partial charge on any atom is -0.493 e. The quantitative estimate of drug-likeness (QED) is 0.741. The van der Waals surface area contributed by atoms with Crippen molar-refractivity contribution in [3.05, 3.63) is 27.8 Å². The van der Waals surface area contributed by atoms with Gasteiger partial charge in [0.25, 0.3) is 0 Å². The van der Waals surface area contributed by atoms with Crippen molar-refractivity contribution in [1.82, 2.24) is 9.80 Å². The molecule has 24 heavy (non-hydrogen) atoms. The maximum atomic E-state index is 6.50. The first-order valence-corrected chi connectivity index (χ1v) is 9.74. The Morgan fingerprint density at radius 3 is 2.54 bits per heavy atom. The molecule has 0 bridgehead atoms. The number of benzene rings is 1. The first-order chi connectivity index (χ1) is 11.5. The van der Waals surface area contributed by atoms with Gasteiger partial charge in [0.2, 0.25) is 0 Å². The summed E-state index contributed by atoms with van der Waals surface area (Å²) in [7, 11) is 2.21. The van der Waals surface area contributed by atoms with Crippen molar-refractivity contribution < 1.29 is 4.74 Å². The van der Waals surface area contributed by atoms with E-state index in [9.17, 15) is 0 Å². The van der Waals surface area contributed by atoms with Gasteiger partial charge in [-0.25, -0.2) is 0 Å². The lowest BCUT2D eigenvalue weighted by atomic mass is 9.99. The second-order valence-electron chi connectivity index (χ2n) is 7.61. The number of likely N-dealkylation sites (N-methyl/N-ethyl adjacent to an activating group) is 1. The second kappa shape index (κ2) is 8.07. The van der Waals surface area contributed by atoms with E-state index in [0.29, 0.717) is 0 Å². The van der Waals surface area contributed by atoms with Crippen molar-refractivity contribution >= 4 is 11.6 Å². The van der Waals surface area contributed by atoms with Crippen LogP contribution in [-0.2, 0) is 6.42 Å². The molecule has 3 nitrogen and oxygen atoms in total. The van der Waals surface area contributed by atoms with Crippen LogP contribution in [0.5, 0.6) is 5.75 Å². The molecule has 4 heteroatoms. The van der Waals surface area contributed by atoms with Gasteiger partial charge in [0.05, 0.1) is 6.61 Å². The molecular weight excluding hydrogens is 320 g/mol. The summed E-state index contributed by atoms with van der Waals surface area (Å²) < 4.78 is 6.16. The molecule has 0 spiro atoms. The summed E-state index contributed by atoms with van der Waals surface area (Å²) in [5, 5.41) is 0.906. The van der Waals surface area contributed by atoms with Crippen molar-refractivity contribution in [3.63, 3.8) is 0 Å². The van der Waals surface area contributed by atoms with Crippen LogP contribution in [0.25, 0.3) is 0 Å². The molecule has 1 saturated carbocycles. The van der Waals surface area contributed by atoms with Crippen molar-refractivity contribution in [2.75, 3.05) is 46.4 Å². The fourth-order valence-electron chi connectivity index (χ4n) is 3.44. The highest BCUT2D eigenvalue weighted by atomic mass is 35.5. The summed E-state index contributed by atoms with van der Waals surface area (Å²) in [4.78, 5) is 4.99. The molecule has 1 aromatic rings. The van der Waals surface area contributed by atoms with Gasteiger partial charge < -0.3 is 14.5 Å². The third kappa shape index (κ3) is 4.65. The van der Waals surface area contributed by atoms with Gasteiger partial charge in [-0.15, -0.1) is 0 Å².